The average Bonchev–Trinajstić information content (AvgIpc) is 2.85. The van der Waals surface area contributed by atoms with Crippen LogP contribution in [-0.2, 0) is 18.3 Å². The number of halogens is 2. The van der Waals surface area contributed by atoms with Gasteiger partial charge in [-0.1, -0.05) is 53.5 Å². The van der Waals surface area contributed by atoms with Crippen molar-refractivity contribution in [2.75, 3.05) is 21.1 Å². The molecular weight excluding hydrogens is 525 g/mol. The molecule has 2 N–H and O–H groups in total. The number of quaternary nitrogens is 1. The Kier molecular flexibility index (Phi) is 7.65. The van der Waals surface area contributed by atoms with Crippen LogP contribution in [0.15, 0.2) is 71.5 Å². The predicted octanol–water partition coefficient (Wildman–Crippen LogP) is 5.13. The molecular formula is C29H28Cl2N3O4+. The van der Waals surface area contributed by atoms with Gasteiger partial charge in [0.1, 0.15) is 11.7 Å². The molecule has 1 heterocycles. The zero-order valence-electron chi connectivity index (χ0n) is 21.5. The van der Waals surface area contributed by atoms with Gasteiger partial charge in [-0.15, -0.1) is 0 Å². The van der Waals surface area contributed by atoms with Crippen LogP contribution < -0.4 is 15.4 Å². The van der Waals surface area contributed by atoms with E-state index in [1.807, 2.05) is 18.2 Å². The summed E-state index contributed by atoms with van der Waals surface area (Å²) >= 11 is 12.2. The molecule has 7 nitrogen and oxygen atoms in total. The molecule has 0 saturated carbocycles. The predicted molar refractivity (Wildman–Crippen MR) is 153 cm³/mol. The van der Waals surface area contributed by atoms with Crippen molar-refractivity contribution < 1.29 is 14.7 Å². The molecule has 1 amide bonds. The number of hydrogen-bond acceptors (Lipinski definition) is 3. The largest absolute Gasteiger partial charge is 0.480 e. The van der Waals surface area contributed by atoms with Crippen LogP contribution in [0.1, 0.15) is 15.9 Å². The Morgan fingerprint density at radius 1 is 0.974 bits per heavy atom. The molecule has 0 aliphatic heterocycles. The molecule has 0 aliphatic carbocycles. The molecule has 0 fully saturated rings. The fraction of sp³-hybridized carbons (Fsp3) is 0.207. The van der Waals surface area contributed by atoms with Crippen LogP contribution in [0.3, 0.4) is 0 Å². The molecule has 1 aromatic heterocycles. The van der Waals surface area contributed by atoms with Crippen LogP contribution in [-0.4, -0.2) is 48.7 Å². The van der Waals surface area contributed by atoms with Gasteiger partial charge in [-0.05, 0) is 35.4 Å². The molecule has 0 aliphatic rings. The third-order valence-electron chi connectivity index (χ3n) is 6.48. The first kappa shape index (κ1) is 27.4. The van der Waals surface area contributed by atoms with Crippen molar-refractivity contribution in [2.45, 2.75) is 12.5 Å². The average molecular weight is 553 g/mol. The number of nitrogens with zero attached hydrogens (tertiary/aromatic N) is 2. The second kappa shape index (κ2) is 10.6. The second-order valence-corrected chi connectivity index (χ2v) is 10.9. The molecule has 38 heavy (non-hydrogen) atoms. The quantitative estimate of drug-likeness (QED) is 0.311. The van der Waals surface area contributed by atoms with Gasteiger partial charge in [-0.25, -0.2) is 4.79 Å². The first-order chi connectivity index (χ1) is 17.9. The minimum absolute atomic E-state index is 0.0259. The summed E-state index contributed by atoms with van der Waals surface area (Å²) in [6, 6.07) is 18.4. The Bertz CT molecular complexity index is 1590. The van der Waals surface area contributed by atoms with Crippen LogP contribution in [0.5, 0.6) is 0 Å². The number of aryl methyl sites for hydroxylation is 1. The van der Waals surface area contributed by atoms with E-state index in [9.17, 15) is 19.5 Å². The number of benzene rings is 3. The Balaban J connectivity index is 1.61. The molecule has 3 aromatic carbocycles. The van der Waals surface area contributed by atoms with E-state index in [1.165, 1.54) is 12.1 Å². The zero-order chi connectivity index (χ0) is 27.8. The molecule has 0 saturated heterocycles. The number of aromatic nitrogens is 1. The molecule has 1 atom stereocenters. The van der Waals surface area contributed by atoms with E-state index in [1.54, 1.807) is 41.9 Å². The van der Waals surface area contributed by atoms with Crippen molar-refractivity contribution in [2.24, 2.45) is 7.05 Å². The number of hydrogen-bond donors (Lipinski definition) is 2. The van der Waals surface area contributed by atoms with E-state index < -0.39 is 17.9 Å². The number of nitrogens with one attached hydrogen (secondary N) is 1. The van der Waals surface area contributed by atoms with Gasteiger partial charge < -0.3 is 15.0 Å². The van der Waals surface area contributed by atoms with Crippen LogP contribution >= 0.6 is 23.2 Å². The highest BCUT2D eigenvalue weighted by atomic mass is 35.5. The van der Waals surface area contributed by atoms with Crippen LogP contribution in [0.25, 0.3) is 22.0 Å². The lowest BCUT2D eigenvalue weighted by Crippen LogP contribution is -2.42. The van der Waals surface area contributed by atoms with Crippen LogP contribution in [0, 0.1) is 0 Å². The van der Waals surface area contributed by atoms with E-state index >= 15 is 0 Å². The highest BCUT2D eigenvalue weighted by Gasteiger charge is 2.24. The lowest BCUT2D eigenvalue weighted by atomic mass is 9.99. The molecule has 0 unspecified atom stereocenters. The summed E-state index contributed by atoms with van der Waals surface area (Å²) in [6.07, 6.45) is 0.0337. The second-order valence-electron chi connectivity index (χ2n) is 10.0. The van der Waals surface area contributed by atoms with Crippen molar-refractivity contribution >= 4 is 51.7 Å². The topological polar surface area (TPSA) is 88.4 Å². The summed E-state index contributed by atoms with van der Waals surface area (Å²) < 4.78 is 2.28. The number of carboxylic acids is 1. The summed E-state index contributed by atoms with van der Waals surface area (Å²) in [5.41, 5.74) is 3.78. The molecule has 0 bridgehead atoms. The lowest BCUT2D eigenvalue weighted by molar-refractivity contribution is -0.139. The molecule has 0 radical (unpaired) electrons. The van der Waals surface area contributed by atoms with Gasteiger partial charge >= 0.3 is 5.97 Å². The fourth-order valence-electron chi connectivity index (χ4n) is 4.30. The SMILES string of the molecule is Cn1c(=O)c(-c2ccc(C[C@H](NC(=O)c3c(Cl)cccc3Cl)C(=O)O)cc2)cc2cc([N+](C)(C)C)ccc21. The van der Waals surface area contributed by atoms with Crippen molar-refractivity contribution in [3.63, 3.8) is 0 Å². The minimum Gasteiger partial charge on any atom is -0.480 e. The van der Waals surface area contributed by atoms with E-state index in [-0.39, 0.29) is 27.6 Å². The third kappa shape index (κ3) is 5.60. The Morgan fingerprint density at radius 2 is 1.61 bits per heavy atom. The van der Waals surface area contributed by atoms with E-state index in [2.05, 4.69) is 32.5 Å². The monoisotopic (exact) mass is 552 g/mol. The van der Waals surface area contributed by atoms with E-state index in [0.29, 0.717) is 21.2 Å². The third-order valence-corrected chi connectivity index (χ3v) is 7.11. The molecule has 9 heteroatoms. The summed E-state index contributed by atoms with van der Waals surface area (Å²) in [5.74, 6) is -1.86. The number of carboxylic acid groups (broad SMARTS) is 1. The van der Waals surface area contributed by atoms with Gasteiger partial charge in [0, 0.05) is 36.6 Å². The Hall–Kier alpha value is -3.65. The first-order valence-corrected chi connectivity index (χ1v) is 12.6. The minimum atomic E-state index is -1.21. The van der Waals surface area contributed by atoms with E-state index in [4.69, 9.17) is 23.2 Å². The summed E-state index contributed by atoms with van der Waals surface area (Å²) in [6.45, 7) is 0. The van der Waals surface area contributed by atoms with Crippen LogP contribution in [0.2, 0.25) is 10.0 Å². The van der Waals surface area contributed by atoms with E-state index in [0.717, 1.165) is 16.6 Å². The number of pyridine rings is 1. The standard InChI is InChI=1S/C29H27Cl2N3O4/c1-33-25-13-12-20(34(2,3)4)15-19(25)16-21(28(33)36)18-10-8-17(9-11-18)14-24(29(37)38)32-27(35)26-22(30)6-5-7-23(26)31/h5-13,15-16,24H,14H2,1-4H3,(H-,32,35,37,38)/p+1/t24-/m0/s1. The zero-order valence-corrected chi connectivity index (χ0v) is 23.0. The normalized spacial score (nSPS) is 12.4. The maximum absolute atomic E-state index is 13.1. The van der Waals surface area contributed by atoms with Gasteiger partial charge in [0.15, 0.2) is 0 Å². The van der Waals surface area contributed by atoms with Crippen LogP contribution in [0.4, 0.5) is 5.69 Å². The van der Waals surface area contributed by atoms with Gasteiger partial charge in [0.05, 0.1) is 42.3 Å². The molecule has 196 valence electrons. The molecule has 0 spiro atoms. The number of carbonyl (C=O) groups is 2. The summed E-state index contributed by atoms with van der Waals surface area (Å²) in [4.78, 5) is 37.8. The molecule has 4 aromatic rings. The Labute approximate surface area is 230 Å². The number of aliphatic carboxylic acids is 1. The molecule has 4 rings (SSSR count). The van der Waals surface area contributed by atoms with Crippen molar-refractivity contribution in [1.29, 1.82) is 0 Å². The van der Waals surface area contributed by atoms with Crippen molar-refractivity contribution in [1.82, 2.24) is 14.4 Å². The number of carbonyl (C=O) groups excluding carboxylic acids is 1. The first-order valence-electron chi connectivity index (χ1n) is 11.9. The van der Waals surface area contributed by atoms with Gasteiger partial charge in [0.25, 0.3) is 11.5 Å². The highest BCUT2D eigenvalue weighted by molar-refractivity contribution is 6.39. The summed E-state index contributed by atoms with van der Waals surface area (Å²) in [7, 11) is 8.00. The Morgan fingerprint density at radius 3 is 2.18 bits per heavy atom. The maximum Gasteiger partial charge on any atom is 0.326 e. The number of amides is 1. The van der Waals surface area contributed by atoms with Crippen molar-refractivity contribution in [3.05, 3.63) is 98.3 Å². The maximum atomic E-state index is 13.1. The van der Waals surface area contributed by atoms with Gasteiger partial charge in [-0.2, -0.15) is 0 Å². The highest BCUT2D eigenvalue weighted by Crippen LogP contribution is 2.27. The smallest absolute Gasteiger partial charge is 0.326 e. The summed E-state index contributed by atoms with van der Waals surface area (Å²) in [5, 5.41) is 13.4. The van der Waals surface area contributed by atoms with Gasteiger partial charge in [-0.3, -0.25) is 14.1 Å². The number of fused-ring (bicyclic) bond motifs is 1. The van der Waals surface area contributed by atoms with Crippen molar-refractivity contribution in [3.8, 4) is 11.1 Å². The fourth-order valence-corrected chi connectivity index (χ4v) is 4.86. The lowest BCUT2D eigenvalue weighted by Gasteiger charge is -2.24. The number of rotatable bonds is 7. The van der Waals surface area contributed by atoms with Gasteiger partial charge in [0.2, 0.25) is 0 Å².